The third kappa shape index (κ3) is 7.76. The molecule has 53 heavy (non-hydrogen) atoms. The number of carbonyl (C=O) groups excluding carboxylic acids is 5. The topological polar surface area (TPSA) is 190 Å². The molecule has 0 radical (unpaired) electrons. The third-order valence-electron chi connectivity index (χ3n) is 9.44. The molecule has 4 atom stereocenters. The summed E-state index contributed by atoms with van der Waals surface area (Å²) in [7, 11) is 1.23. The average molecular weight is 902 g/mol. The van der Waals surface area contributed by atoms with Gasteiger partial charge in [0.2, 0.25) is 0 Å². The molecule has 0 aliphatic carbocycles. The van der Waals surface area contributed by atoms with Crippen LogP contribution in [0.5, 0.6) is 0 Å². The second-order valence-corrected chi connectivity index (χ2v) is 18.4. The number of pyridine rings is 1. The Kier molecular flexibility index (Phi) is 10.9. The number of ether oxygens (including phenoxy) is 1. The number of aryl methyl sites for hydroxylation is 3. The van der Waals surface area contributed by atoms with Crippen LogP contribution in [0.15, 0.2) is 41.3 Å². The standard InChI is InChI=1S/C36H40BrIN9O6/c1-17(2)28(43-35(52)53-7)33(51)41-16-36-12-25(32(50)44-31-18(3)8-9-26(37)42-31)47(34(36)38-36)27(49)15-46-30-19(4)10-22(23-13-39-21(6)40-14-23)11-24(30)29(45-46)20(5)48/h8-11,13-14,17,25,28,34H,12,15-16H2,1-7H3,(H,41,51)(H,43,52)(H,42,44,50)/q-1/t25-,28-,34-,36-/m0/s1. The molecule has 3 aromatic heterocycles. The number of Topliss-reactive ketones (excluding diaryl/α,β-unsaturated/α-hetero) is 1. The Morgan fingerprint density at radius 1 is 1.06 bits per heavy atom. The Balaban J connectivity index is 1.30. The monoisotopic (exact) mass is 900 g/mol. The summed E-state index contributed by atoms with van der Waals surface area (Å²) in [4.78, 5) is 81.3. The molecule has 0 spiro atoms. The van der Waals surface area contributed by atoms with Crippen molar-refractivity contribution in [2.75, 3.05) is 19.0 Å². The van der Waals surface area contributed by atoms with E-state index in [9.17, 15) is 24.0 Å². The molecule has 3 N–H and O–H groups in total. The molecule has 5 heterocycles. The van der Waals surface area contributed by atoms with Gasteiger partial charge in [-0.2, -0.15) is 0 Å². The van der Waals surface area contributed by atoms with Gasteiger partial charge in [-0.05, 0) is 6.92 Å². The van der Waals surface area contributed by atoms with Gasteiger partial charge >= 0.3 is 314 Å². The number of benzene rings is 1. The minimum absolute atomic E-state index is 0.212. The van der Waals surface area contributed by atoms with Gasteiger partial charge in [0.15, 0.2) is 0 Å². The van der Waals surface area contributed by atoms with Crippen LogP contribution in [-0.2, 0) is 25.7 Å². The molecule has 1 aromatic carbocycles. The Morgan fingerprint density at radius 2 is 1.77 bits per heavy atom. The van der Waals surface area contributed by atoms with E-state index in [1.165, 1.54) is 14.0 Å². The predicted octanol–water partition coefficient (Wildman–Crippen LogP) is 0.683. The molecule has 6 rings (SSSR count). The van der Waals surface area contributed by atoms with E-state index in [0.717, 1.165) is 22.3 Å². The summed E-state index contributed by atoms with van der Waals surface area (Å²) >= 11 is 2.71. The number of nitrogens with zero attached hydrogens (tertiary/aromatic N) is 6. The van der Waals surface area contributed by atoms with E-state index in [-0.39, 0.29) is 46.3 Å². The molecule has 0 saturated carbocycles. The summed E-state index contributed by atoms with van der Waals surface area (Å²) in [6, 6.07) is 5.73. The van der Waals surface area contributed by atoms with Crippen LogP contribution < -0.4 is 37.2 Å². The number of hydrogen-bond donors (Lipinski definition) is 3. The van der Waals surface area contributed by atoms with Crippen LogP contribution in [0.1, 0.15) is 54.6 Å². The number of methoxy groups -OCH3 is 1. The Labute approximate surface area is 324 Å². The molecular formula is C36H40BrIN9O6-. The summed E-state index contributed by atoms with van der Waals surface area (Å²) in [5.74, 6) is -0.555. The van der Waals surface area contributed by atoms with E-state index < -0.39 is 48.7 Å². The predicted molar refractivity (Wildman–Crippen MR) is 194 cm³/mol. The third-order valence-corrected chi connectivity index (χ3v) is 14.2. The maximum absolute atomic E-state index is 14.5. The molecule has 4 aromatic rings. The number of alkyl carbamates (subject to hydrolysis) is 1. The van der Waals surface area contributed by atoms with Crippen molar-refractivity contribution in [2.45, 2.75) is 74.1 Å². The van der Waals surface area contributed by atoms with Gasteiger partial charge in [-0.25, -0.2) is 0 Å². The van der Waals surface area contributed by atoms with Crippen LogP contribution in [0.2, 0.25) is 0 Å². The summed E-state index contributed by atoms with van der Waals surface area (Å²) in [5, 5.41) is 13.7. The molecule has 280 valence electrons. The van der Waals surface area contributed by atoms with Gasteiger partial charge in [0, 0.05) is 0 Å². The van der Waals surface area contributed by atoms with E-state index in [4.69, 9.17) is 4.74 Å². The molecule has 2 aliphatic heterocycles. The van der Waals surface area contributed by atoms with Crippen LogP contribution in [0, 0.1) is 26.7 Å². The molecule has 0 bridgehead atoms. The van der Waals surface area contributed by atoms with Gasteiger partial charge in [-0.15, -0.1) is 0 Å². The van der Waals surface area contributed by atoms with Crippen LogP contribution >= 0.6 is 15.9 Å². The number of fused-ring (bicyclic) bond motifs is 2. The summed E-state index contributed by atoms with van der Waals surface area (Å²) in [5.41, 5.74) is 4.01. The van der Waals surface area contributed by atoms with E-state index >= 15 is 0 Å². The Hall–Kier alpha value is -4.52. The Morgan fingerprint density at radius 3 is 2.43 bits per heavy atom. The summed E-state index contributed by atoms with van der Waals surface area (Å²) in [6.45, 7) is 10.6. The van der Waals surface area contributed by atoms with Crippen molar-refractivity contribution in [3.8, 4) is 11.1 Å². The second-order valence-electron chi connectivity index (χ2n) is 13.6. The van der Waals surface area contributed by atoms with Gasteiger partial charge < -0.3 is 0 Å². The van der Waals surface area contributed by atoms with E-state index in [1.807, 2.05) is 45.9 Å². The fourth-order valence-corrected chi connectivity index (χ4v) is 10.8. The number of ketones is 1. The van der Waals surface area contributed by atoms with Crippen molar-refractivity contribution in [1.82, 2.24) is 40.3 Å². The SMILES string of the molecule is COC(=O)N[C@H](C(=O)NC[C@@]12C[C@@H](C(=O)Nc3nc(Br)ccc3C)N(C(=O)Cn3nc(C(C)=O)c4cc(-c5cnc(C)nc5)cc(C)c43)[C@@H]1[I-]2)C(C)C. The van der Waals surface area contributed by atoms with Crippen molar-refractivity contribution in [3.63, 3.8) is 0 Å². The number of halogens is 2. The van der Waals surface area contributed by atoms with Crippen molar-refractivity contribution < 1.29 is 49.9 Å². The minimum atomic E-state index is -0.851. The molecule has 4 amide bonds. The van der Waals surface area contributed by atoms with Crippen molar-refractivity contribution >= 4 is 62.2 Å². The van der Waals surface area contributed by atoms with Crippen LogP contribution in [-0.4, -0.2) is 92.4 Å². The number of amides is 4. The molecule has 15 nitrogen and oxygen atoms in total. The van der Waals surface area contributed by atoms with Gasteiger partial charge in [-0.3, -0.25) is 0 Å². The molecule has 2 fully saturated rings. The van der Waals surface area contributed by atoms with Gasteiger partial charge in [0.1, 0.15) is 5.82 Å². The maximum atomic E-state index is 14.5. The molecule has 0 unspecified atom stereocenters. The fourth-order valence-electron chi connectivity index (χ4n) is 6.63. The number of alkyl halides is 2. The number of likely N-dealkylation sites (tertiary alicyclic amines) is 1. The van der Waals surface area contributed by atoms with Crippen LogP contribution in [0.25, 0.3) is 22.0 Å². The van der Waals surface area contributed by atoms with E-state index in [0.29, 0.717) is 33.6 Å². The fraction of sp³-hybridized carbons (Fsp3) is 0.417. The molecule has 2 aliphatic rings. The second kappa shape index (κ2) is 15.1. The van der Waals surface area contributed by atoms with Crippen LogP contribution in [0.3, 0.4) is 0 Å². The quantitative estimate of drug-likeness (QED) is 0.0635. The number of aromatic nitrogens is 5. The van der Waals surface area contributed by atoms with Crippen LogP contribution in [0.4, 0.5) is 10.6 Å². The number of rotatable bonds is 11. The molecular weight excluding hydrogens is 861 g/mol. The number of hydrogen-bond acceptors (Lipinski definition) is 10. The number of anilines is 1. The van der Waals surface area contributed by atoms with Crippen molar-refractivity contribution in [1.29, 1.82) is 0 Å². The molecule has 17 heteroatoms. The Bertz CT molecular complexity index is 2140. The van der Waals surface area contributed by atoms with E-state index in [1.54, 1.807) is 35.0 Å². The zero-order valence-corrected chi connectivity index (χ0v) is 34.0. The summed E-state index contributed by atoms with van der Waals surface area (Å²) in [6.07, 6.45) is 3.07. The first-order valence-corrected chi connectivity index (χ1v) is 20.1. The summed E-state index contributed by atoms with van der Waals surface area (Å²) < 4.78 is 6.10. The van der Waals surface area contributed by atoms with Gasteiger partial charge in [-0.1, -0.05) is 0 Å². The van der Waals surface area contributed by atoms with E-state index in [2.05, 4.69) is 51.9 Å². The number of carbonyl (C=O) groups is 5. The zero-order valence-electron chi connectivity index (χ0n) is 30.3. The van der Waals surface area contributed by atoms with Crippen molar-refractivity contribution in [3.05, 3.63) is 63.9 Å². The average Bonchev–Trinajstić information content (AvgIpc) is 3.52. The first-order valence-electron chi connectivity index (χ1n) is 17.0. The first-order chi connectivity index (χ1) is 25.1. The number of nitrogens with one attached hydrogen (secondary N) is 3. The molecule has 2 saturated heterocycles. The zero-order chi connectivity index (χ0) is 38.4. The van der Waals surface area contributed by atoms with Gasteiger partial charge in [0.05, 0.1) is 0 Å². The first kappa shape index (κ1) is 38.2. The van der Waals surface area contributed by atoms with Crippen molar-refractivity contribution in [2.24, 2.45) is 5.92 Å². The normalized spacial score (nSPS) is 19.6. The van der Waals surface area contributed by atoms with Gasteiger partial charge in [0.25, 0.3) is 0 Å².